The summed E-state index contributed by atoms with van der Waals surface area (Å²) < 4.78 is 2.39. The fraction of sp³-hybridized carbons (Fsp3) is 0. The number of fused-ring (bicyclic) bond motifs is 13. The summed E-state index contributed by atoms with van der Waals surface area (Å²) in [5.74, 6) is 0. The van der Waals surface area contributed by atoms with Gasteiger partial charge in [0.2, 0.25) is 0 Å². The first kappa shape index (κ1) is 22.3. The second kappa shape index (κ2) is 8.48. The highest BCUT2D eigenvalue weighted by Gasteiger charge is 2.25. The molecular weight excluding hydrogens is 498 g/mol. The zero-order chi connectivity index (χ0) is 26.9. The molecule has 3 aromatic heterocycles. The summed E-state index contributed by atoms with van der Waals surface area (Å²) in [6.45, 7) is 0. The highest BCUT2D eigenvalue weighted by molar-refractivity contribution is 6.11. The molecule has 0 spiro atoms. The SMILES string of the molecule is c1ccc2c(c1)-c1cc(-n3c4ccccc4c4ccccc43)ccc1-c1ccccc1-c1c-2cnc2cccnc12. The van der Waals surface area contributed by atoms with Gasteiger partial charge in [-0.3, -0.25) is 9.97 Å². The van der Waals surface area contributed by atoms with E-state index in [1.54, 1.807) is 0 Å². The molecule has 190 valence electrons. The molecule has 1 aliphatic carbocycles. The van der Waals surface area contributed by atoms with Gasteiger partial charge in [-0.15, -0.1) is 0 Å². The standard InChI is InChI=1S/C38H23N3/c1-2-12-27-26(11-1)32-22-24(41-35-17-7-5-13-29(35)30-14-6-8-18-36(30)41)19-20-28(32)25-10-3-4-15-31(25)37-33(27)23-40-34-16-9-21-39-38(34)37/h1-23H. The molecule has 0 aliphatic heterocycles. The Morgan fingerprint density at radius 1 is 0.439 bits per heavy atom. The average Bonchev–Trinajstić information content (AvgIpc) is 3.38. The molecule has 41 heavy (non-hydrogen) atoms. The van der Waals surface area contributed by atoms with Crippen LogP contribution >= 0.6 is 0 Å². The molecule has 0 fully saturated rings. The minimum atomic E-state index is 0.904. The Hall–Kier alpha value is -5.54. The molecule has 0 saturated heterocycles. The molecule has 0 amide bonds. The van der Waals surface area contributed by atoms with Crippen LogP contribution in [0.4, 0.5) is 0 Å². The van der Waals surface area contributed by atoms with Crippen molar-refractivity contribution in [3.63, 3.8) is 0 Å². The van der Waals surface area contributed by atoms with Crippen molar-refractivity contribution < 1.29 is 0 Å². The zero-order valence-corrected chi connectivity index (χ0v) is 22.1. The van der Waals surface area contributed by atoms with Gasteiger partial charge < -0.3 is 4.57 Å². The Morgan fingerprint density at radius 2 is 1.02 bits per heavy atom. The fourth-order valence-corrected chi connectivity index (χ4v) is 6.72. The van der Waals surface area contributed by atoms with E-state index in [0.29, 0.717) is 0 Å². The molecule has 5 aromatic carbocycles. The van der Waals surface area contributed by atoms with Crippen LogP contribution in [0.2, 0.25) is 0 Å². The number of pyridine rings is 2. The van der Waals surface area contributed by atoms with Gasteiger partial charge in [0.15, 0.2) is 0 Å². The van der Waals surface area contributed by atoms with Crippen LogP contribution in [0.3, 0.4) is 0 Å². The van der Waals surface area contributed by atoms with Gasteiger partial charge in [0, 0.05) is 40.0 Å². The minimum Gasteiger partial charge on any atom is -0.309 e. The highest BCUT2D eigenvalue weighted by atomic mass is 15.0. The molecule has 0 N–H and O–H groups in total. The third-order valence-corrected chi connectivity index (χ3v) is 8.46. The molecule has 0 radical (unpaired) electrons. The lowest BCUT2D eigenvalue weighted by atomic mass is 9.81. The van der Waals surface area contributed by atoms with Crippen LogP contribution in [0, 0.1) is 0 Å². The number of rotatable bonds is 1. The lowest BCUT2D eigenvalue weighted by molar-refractivity contribution is 1.18. The van der Waals surface area contributed by atoms with Crippen molar-refractivity contribution in [1.82, 2.24) is 14.5 Å². The predicted molar refractivity (Wildman–Crippen MR) is 169 cm³/mol. The van der Waals surface area contributed by atoms with Gasteiger partial charge in [0.05, 0.1) is 22.1 Å². The molecule has 3 heterocycles. The van der Waals surface area contributed by atoms with Gasteiger partial charge in [0.1, 0.15) is 0 Å². The van der Waals surface area contributed by atoms with Crippen LogP contribution in [0.1, 0.15) is 0 Å². The summed E-state index contributed by atoms with van der Waals surface area (Å²) in [5, 5.41) is 2.53. The van der Waals surface area contributed by atoms with Crippen LogP contribution < -0.4 is 0 Å². The van der Waals surface area contributed by atoms with Crippen LogP contribution in [0.15, 0.2) is 140 Å². The van der Waals surface area contributed by atoms with Crippen molar-refractivity contribution >= 4 is 32.8 Å². The molecule has 9 rings (SSSR count). The van der Waals surface area contributed by atoms with Gasteiger partial charge in [-0.2, -0.15) is 0 Å². The maximum Gasteiger partial charge on any atom is 0.0971 e. The van der Waals surface area contributed by atoms with E-state index < -0.39 is 0 Å². The Kier molecular flexibility index (Phi) is 4.61. The van der Waals surface area contributed by atoms with Crippen LogP contribution in [-0.2, 0) is 0 Å². The number of hydrogen-bond acceptors (Lipinski definition) is 2. The summed E-state index contributed by atoms with van der Waals surface area (Å²) in [4.78, 5) is 9.69. The molecule has 1 aliphatic rings. The number of para-hydroxylation sites is 2. The first-order valence-electron chi connectivity index (χ1n) is 13.9. The monoisotopic (exact) mass is 521 g/mol. The van der Waals surface area contributed by atoms with E-state index in [0.717, 1.165) is 33.4 Å². The lowest BCUT2D eigenvalue weighted by Crippen LogP contribution is -2.01. The number of aromatic nitrogens is 3. The van der Waals surface area contributed by atoms with Gasteiger partial charge in [-0.1, -0.05) is 91.0 Å². The van der Waals surface area contributed by atoms with E-state index in [1.165, 1.54) is 49.6 Å². The van der Waals surface area contributed by atoms with E-state index in [2.05, 4.69) is 120 Å². The second-order valence-corrected chi connectivity index (χ2v) is 10.6. The third kappa shape index (κ3) is 3.14. The van der Waals surface area contributed by atoms with Crippen molar-refractivity contribution in [1.29, 1.82) is 0 Å². The van der Waals surface area contributed by atoms with E-state index in [1.807, 2.05) is 24.5 Å². The Labute approximate surface area is 237 Å². The maximum atomic E-state index is 4.85. The van der Waals surface area contributed by atoms with Crippen LogP contribution in [0.25, 0.3) is 83.0 Å². The number of nitrogens with zero attached hydrogens (tertiary/aromatic N) is 3. The molecule has 3 heteroatoms. The second-order valence-electron chi connectivity index (χ2n) is 10.6. The van der Waals surface area contributed by atoms with Gasteiger partial charge in [-0.25, -0.2) is 0 Å². The topological polar surface area (TPSA) is 30.7 Å². The van der Waals surface area contributed by atoms with E-state index >= 15 is 0 Å². The zero-order valence-electron chi connectivity index (χ0n) is 22.1. The van der Waals surface area contributed by atoms with Crippen molar-refractivity contribution in [3.05, 3.63) is 140 Å². The first-order chi connectivity index (χ1) is 20.4. The van der Waals surface area contributed by atoms with Crippen molar-refractivity contribution in [2.24, 2.45) is 0 Å². The molecule has 0 atom stereocenters. The average molecular weight is 522 g/mol. The fourth-order valence-electron chi connectivity index (χ4n) is 6.72. The Bertz CT molecular complexity index is 2270. The summed E-state index contributed by atoms with van der Waals surface area (Å²) in [6.07, 6.45) is 3.89. The van der Waals surface area contributed by atoms with E-state index in [-0.39, 0.29) is 0 Å². The lowest BCUT2D eigenvalue weighted by Gasteiger charge is -2.24. The Morgan fingerprint density at radius 3 is 1.76 bits per heavy atom. The van der Waals surface area contributed by atoms with Crippen molar-refractivity contribution in [2.45, 2.75) is 0 Å². The largest absolute Gasteiger partial charge is 0.309 e. The normalized spacial score (nSPS) is 11.9. The van der Waals surface area contributed by atoms with Gasteiger partial charge in [-0.05, 0) is 69.8 Å². The van der Waals surface area contributed by atoms with Crippen LogP contribution in [-0.4, -0.2) is 14.5 Å². The molecule has 0 saturated carbocycles. The van der Waals surface area contributed by atoms with E-state index in [9.17, 15) is 0 Å². The minimum absolute atomic E-state index is 0.904. The maximum absolute atomic E-state index is 4.85. The first-order valence-corrected chi connectivity index (χ1v) is 13.9. The van der Waals surface area contributed by atoms with Gasteiger partial charge in [0.25, 0.3) is 0 Å². The molecule has 0 unspecified atom stereocenters. The smallest absolute Gasteiger partial charge is 0.0971 e. The summed E-state index contributed by atoms with van der Waals surface area (Å²) in [5.41, 5.74) is 14.8. The van der Waals surface area contributed by atoms with Gasteiger partial charge >= 0.3 is 0 Å². The summed E-state index contributed by atoms with van der Waals surface area (Å²) in [6, 6.07) is 45.7. The van der Waals surface area contributed by atoms with E-state index in [4.69, 9.17) is 9.97 Å². The molecule has 3 nitrogen and oxygen atoms in total. The predicted octanol–water partition coefficient (Wildman–Crippen LogP) is 9.71. The highest BCUT2D eigenvalue weighted by Crippen LogP contribution is 2.49. The summed E-state index contributed by atoms with van der Waals surface area (Å²) in [7, 11) is 0. The number of benzene rings is 5. The molecular formula is C38H23N3. The Balaban J connectivity index is 1.41. The quantitative estimate of drug-likeness (QED) is 0.215. The third-order valence-electron chi connectivity index (χ3n) is 8.46. The molecule has 0 bridgehead atoms. The van der Waals surface area contributed by atoms with Crippen molar-refractivity contribution in [2.75, 3.05) is 0 Å². The number of hydrogen-bond donors (Lipinski definition) is 0. The van der Waals surface area contributed by atoms with Crippen molar-refractivity contribution in [3.8, 4) is 50.2 Å². The molecule has 8 aromatic rings. The summed E-state index contributed by atoms with van der Waals surface area (Å²) >= 11 is 0. The van der Waals surface area contributed by atoms with Crippen LogP contribution in [0.5, 0.6) is 0 Å².